The van der Waals surface area contributed by atoms with Crippen LogP contribution >= 0.6 is 0 Å². The van der Waals surface area contributed by atoms with Crippen LogP contribution in [0.3, 0.4) is 0 Å². The molecule has 5 rings (SSSR count). The number of hydrogen-bond donors (Lipinski definition) is 2. The summed E-state index contributed by atoms with van der Waals surface area (Å²) in [6.45, 7) is 11.0. The van der Waals surface area contributed by atoms with Crippen LogP contribution in [0.1, 0.15) is 94.4 Å². The number of nitrogens with zero attached hydrogens (tertiary/aromatic N) is 3. The molecule has 1 saturated carbocycles. The fourth-order valence-electron chi connectivity index (χ4n) is 5.30. The fourth-order valence-corrected chi connectivity index (χ4v) is 6.43. The van der Waals surface area contributed by atoms with Gasteiger partial charge in [0.05, 0.1) is 28.0 Å². The van der Waals surface area contributed by atoms with Crippen molar-refractivity contribution in [3.63, 3.8) is 0 Å². The molecule has 41 heavy (non-hydrogen) atoms. The summed E-state index contributed by atoms with van der Waals surface area (Å²) in [5.41, 5.74) is 8.03. The highest BCUT2D eigenvalue weighted by Crippen LogP contribution is 2.43. The Morgan fingerprint density at radius 2 is 1.88 bits per heavy atom. The van der Waals surface area contributed by atoms with Gasteiger partial charge in [0.15, 0.2) is 9.84 Å². The number of pyridine rings is 3. The molecule has 1 fully saturated rings. The number of ether oxygens (including phenoxy) is 2. The number of rotatable bonds is 10. The molecule has 0 bridgehead atoms. The van der Waals surface area contributed by atoms with Crippen molar-refractivity contribution >= 4 is 38.2 Å². The Bertz CT molecular complexity index is 1590. The Morgan fingerprint density at radius 3 is 2.56 bits per heavy atom. The lowest BCUT2D eigenvalue weighted by Gasteiger charge is -2.36. The van der Waals surface area contributed by atoms with Gasteiger partial charge in [-0.25, -0.2) is 28.2 Å². The van der Waals surface area contributed by atoms with Gasteiger partial charge in [0, 0.05) is 36.5 Å². The first-order chi connectivity index (χ1) is 19.3. The standard InChI is InChI=1S/C30H39N5O5S/c1-7-41(37,38)17(3)12-16(2)39-28-23-15-32-25(13-21(23)22(14-33-28)26(31)19-8-9-19)34-24-11-10-20-27(35-24)18(4)30(5,6)40-29(20)36/h10-11,13-19,26H,7-9,12,31H2,1-6H3,(H,32,34,35)/t16-,17-,18-,26-/m1/s1. The molecule has 4 atom stereocenters. The Hall–Kier alpha value is -3.31. The lowest BCUT2D eigenvalue weighted by molar-refractivity contribution is -0.0189. The number of nitrogens with two attached hydrogens (primary N) is 1. The van der Waals surface area contributed by atoms with Gasteiger partial charge in [0.25, 0.3) is 0 Å². The third-order valence-corrected chi connectivity index (χ3v) is 10.7. The lowest BCUT2D eigenvalue weighted by Crippen LogP contribution is -2.39. The minimum absolute atomic E-state index is 0.0903. The fraction of sp³-hybridized carbons (Fsp3) is 0.533. The van der Waals surface area contributed by atoms with Crippen molar-refractivity contribution in [2.75, 3.05) is 11.1 Å². The molecule has 4 heterocycles. The molecule has 0 spiro atoms. The molecule has 0 saturated heterocycles. The van der Waals surface area contributed by atoms with Crippen molar-refractivity contribution in [3.8, 4) is 5.88 Å². The van der Waals surface area contributed by atoms with E-state index in [0.29, 0.717) is 46.5 Å². The number of aromatic nitrogens is 3. The van der Waals surface area contributed by atoms with Gasteiger partial charge in [-0.15, -0.1) is 0 Å². The molecule has 2 aliphatic rings. The first kappa shape index (κ1) is 29.2. The van der Waals surface area contributed by atoms with Gasteiger partial charge in [-0.3, -0.25) is 0 Å². The predicted octanol–water partition coefficient (Wildman–Crippen LogP) is 5.21. The van der Waals surface area contributed by atoms with Crippen LogP contribution in [0.4, 0.5) is 11.6 Å². The molecule has 3 aromatic rings. The highest BCUT2D eigenvalue weighted by Gasteiger charge is 2.40. The number of fused-ring (bicyclic) bond motifs is 2. The molecule has 3 aromatic heterocycles. The van der Waals surface area contributed by atoms with Crippen molar-refractivity contribution in [1.82, 2.24) is 15.0 Å². The maximum atomic E-state index is 12.5. The van der Waals surface area contributed by atoms with Gasteiger partial charge in [-0.1, -0.05) is 13.8 Å². The highest BCUT2D eigenvalue weighted by molar-refractivity contribution is 7.91. The molecule has 3 N–H and O–H groups in total. The van der Waals surface area contributed by atoms with E-state index >= 15 is 0 Å². The molecule has 1 aliphatic carbocycles. The summed E-state index contributed by atoms with van der Waals surface area (Å²) < 4.78 is 36.4. The topological polar surface area (TPSA) is 146 Å². The number of sulfone groups is 1. The van der Waals surface area contributed by atoms with E-state index in [1.807, 2.05) is 33.8 Å². The van der Waals surface area contributed by atoms with Gasteiger partial charge >= 0.3 is 5.97 Å². The van der Waals surface area contributed by atoms with E-state index < -0.39 is 20.7 Å². The molecule has 0 radical (unpaired) electrons. The third kappa shape index (κ3) is 5.88. The zero-order valence-corrected chi connectivity index (χ0v) is 25.3. The lowest BCUT2D eigenvalue weighted by atomic mass is 9.84. The van der Waals surface area contributed by atoms with Gasteiger partial charge in [-0.2, -0.15) is 0 Å². The maximum Gasteiger partial charge on any atom is 0.340 e. The first-order valence-corrected chi connectivity index (χ1v) is 16.0. The highest BCUT2D eigenvalue weighted by atomic mass is 32.2. The summed E-state index contributed by atoms with van der Waals surface area (Å²) in [6, 6.07) is 5.21. The predicted molar refractivity (Wildman–Crippen MR) is 158 cm³/mol. The van der Waals surface area contributed by atoms with Gasteiger partial charge < -0.3 is 20.5 Å². The number of carbonyl (C=O) groups is 1. The maximum absolute atomic E-state index is 12.5. The summed E-state index contributed by atoms with van der Waals surface area (Å²) in [7, 11) is -3.17. The second-order valence-electron chi connectivity index (χ2n) is 11.9. The van der Waals surface area contributed by atoms with Crippen LogP contribution < -0.4 is 15.8 Å². The SMILES string of the molecule is CCS(=O)(=O)[C@H](C)C[C@@H](C)Oc1ncc([C@H](N)C2CC2)c2cc(Nc3ccc4c(n3)[C@@H](C)C(C)(C)OC4=O)ncc12. The molecular weight excluding hydrogens is 542 g/mol. The molecule has 0 unspecified atom stereocenters. The zero-order chi connectivity index (χ0) is 29.7. The van der Waals surface area contributed by atoms with Crippen LogP contribution in [0.25, 0.3) is 10.8 Å². The second kappa shape index (κ2) is 10.8. The van der Waals surface area contributed by atoms with Gasteiger partial charge in [0.1, 0.15) is 17.2 Å². The Balaban J connectivity index is 1.47. The van der Waals surface area contributed by atoms with Crippen LogP contribution in [0.2, 0.25) is 0 Å². The van der Waals surface area contributed by atoms with Crippen LogP contribution in [0.15, 0.2) is 30.6 Å². The Kier molecular flexibility index (Phi) is 7.71. The number of nitrogens with one attached hydrogen (secondary N) is 1. The molecule has 0 amide bonds. The molecule has 0 aromatic carbocycles. The van der Waals surface area contributed by atoms with E-state index in [4.69, 9.17) is 20.2 Å². The summed E-state index contributed by atoms with van der Waals surface area (Å²) in [4.78, 5) is 26.5. The van der Waals surface area contributed by atoms with E-state index in [-0.39, 0.29) is 29.8 Å². The Labute approximate surface area is 241 Å². The average molecular weight is 582 g/mol. The van der Waals surface area contributed by atoms with Crippen LogP contribution in [-0.2, 0) is 14.6 Å². The number of carbonyl (C=O) groups excluding carboxylic acids is 1. The monoisotopic (exact) mass is 581 g/mol. The van der Waals surface area contributed by atoms with Crippen molar-refractivity contribution in [2.24, 2.45) is 11.7 Å². The normalized spacial score (nSPS) is 20.6. The van der Waals surface area contributed by atoms with Gasteiger partial charge in [0.2, 0.25) is 5.88 Å². The third-order valence-electron chi connectivity index (χ3n) is 8.46. The van der Waals surface area contributed by atoms with Crippen molar-refractivity contribution in [2.45, 2.75) is 89.7 Å². The van der Waals surface area contributed by atoms with Crippen molar-refractivity contribution in [3.05, 3.63) is 47.4 Å². The molecular formula is C30H39N5O5S. The second-order valence-corrected chi connectivity index (χ2v) is 14.6. The smallest absolute Gasteiger partial charge is 0.340 e. The largest absolute Gasteiger partial charge is 0.474 e. The molecule has 11 heteroatoms. The minimum atomic E-state index is -3.17. The number of anilines is 2. The summed E-state index contributed by atoms with van der Waals surface area (Å²) in [5, 5.41) is 4.33. The minimum Gasteiger partial charge on any atom is -0.474 e. The van der Waals surface area contributed by atoms with E-state index in [0.717, 1.165) is 23.8 Å². The summed E-state index contributed by atoms with van der Waals surface area (Å²) in [5.74, 6) is 1.55. The number of cyclic esters (lactones) is 1. The molecule has 10 nitrogen and oxygen atoms in total. The quantitative estimate of drug-likeness (QED) is 0.306. The zero-order valence-electron chi connectivity index (χ0n) is 24.5. The van der Waals surface area contributed by atoms with Crippen LogP contribution in [-0.4, -0.2) is 52.0 Å². The number of hydrogen-bond acceptors (Lipinski definition) is 10. The van der Waals surface area contributed by atoms with Crippen LogP contribution in [0, 0.1) is 5.92 Å². The Morgan fingerprint density at radius 1 is 1.15 bits per heavy atom. The van der Waals surface area contributed by atoms with E-state index in [2.05, 4.69) is 15.3 Å². The van der Waals surface area contributed by atoms with Crippen molar-refractivity contribution < 1.29 is 22.7 Å². The summed E-state index contributed by atoms with van der Waals surface area (Å²) in [6.07, 6.45) is 5.59. The summed E-state index contributed by atoms with van der Waals surface area (Å²) >= 11 is 0. The van der Waals surface area contributed by atoms with Crippen LogP contribution in [0.5, 0.6) is 5.88 Å². The molecule has 220 valence electrons. The van der Waals surface area contributed by atoms with E-state index in [1.165, 1.54) is 0 Å². The van der Waals surface area contributed by atoms with E-state index in [9.17, 15) is 13.2 Å². The average Bonchev–Trinajstić information content (AvgIpc) is 3.77. The van der Waals surface area contributed by atoms with Gasteiger partial charge in [-0.05, 0) is 75.6 Å². The number of esters is 1. The molecule has 1 aliphatic heterocycles. The van der Waals surface area contributed by atoms with Crippen molar-refractivity contribution in [1.29, 1.82) is 0 Å². The van der Waals surface area contributed by atoms with E-state index in [1.54, 1.807) is 38.4 Å². The first-order valence-electron chi connectivity index (χ1n) is 14.2.